The average molecular weight is 318 g/mol. The van der Waals surface area contributed by atoms with Gasteiger partial charge in [-0.1, -0.05) is 28.1 Å². The first-order valence-electron chi connectivity index (χ1n) is 4.83. The van der Waals surface area contributed by atoms with Crippen LogP contribution in [-0.4, -0.2) is 9.97 Å². The van der Waals surface area contributed by atoms with E-state index < -0.39 is 17.6 Å². The van der Waals surface area contributed by atoms with Gasteiger partial charge in [0.25, 0.3) is 0 Å². The Bertz CT molecular complexity index is 567. The Kier molecular flexibility index (Phi) is 3.25. The Hall–Kier alpha value is -1.63. The lowest BCUT2D eigenvalue weighted by molar-refractivity contribution is -0.140. The molecule has 1 aromatic carbocycles. The minimum Gasteiger partial charge on any atom is -0.396 e. The van der Waals surface area contributed by atoms with Crippen LogP contribution >= 0.6 is 15.9 Å². The molecule has 7 heteroatoms. The quantitative estimate of drug-likeness (QED) is 0.875. The van der Waals surface area contributed by atoms with Crippen LogP contribution < -0.4 is 5.73 Å². The summed E-state index contributed by atoms with van der Waals surface area (Å²) in [5.41, 5.74) is 4.12. The molecule has 0 atom stereocenters. The minimum atomic E-state index is -4.59. The number of anilines is 1. The van der Waals surface area contributed by atoms with Crippen LogP contribution in [0.3, 0.4) is 0 Å². The predicted octanol–water partition coefficient (Wildman–Crippen LogP) is 3.51. The molecule has 2 N–H and O–H groups in total. The lowest BCUT2D eigenvalue weighted by atomic mass is 10.2. The van der Waals surface area contributed by atoms with Gasteiger partial charge in [0.1, 0.15) is 0 Å². The highest BCUT2D eigenvalue weighted by atomic mass is 79.9. The van der Waals surface area contributed by atoms with Crippen molar-refractivity contribution in [1.82, 2.24) is 9.97 Å². The van der Waals surface area contributed by atoms with E-state index in [1.165, 1.54) is 0 Å². The molecule has 1 heterocycles. The minimum absolute atomic E-state index is 0.0102. The molecule has 1 aromatic heterocycles. The molecular formula is C11H7BrF3N3. The van der Waals surface area contributed by atoms with Crippen LogP contribution in [0.4, 0.5) is 18.9 Å². The molecule has 94 valence electrons. The molecule has 0 spiro atoms. The van der Waals surface area contributed by atoms with E-state index in [-0.39, 0.29) is 5.82 Å². The molecule has 0 saturated heterocycles. The van der Waals surface area contributed by atoms with Gasteiger partial charge in [-0.05, 0) is 12.1 Å². The summed E-state index contributed by atoms with van der Waals surface area (Å²) < 4.78 is 38.7. The van der Waals surface area contributed by atoms with E-state index >= 15 is 0 Å². The summed E-state index contributed by atoms with van der Waals surface area (Å²) in [7, 11) is 0. The number of benzene rings is 1. The fraction of sp³-hybridized carbons (Fsp3) is 0.0909. The molecule has 0 radical (unpaired) electrons. The molecular weight excluding hydrogens is 311 g/mol. The number of rotatable bonds is 1. The lowest BCUT2D eigenvalue weighted by Gasteiger charge is -2.09. The van der Waals surface area contributed by atoms with Crippen molar-refractivity contribution >= 4 is 21.6 Å². The summed E-state index contributed by atoms with van der Waals surface area (Å²) in [5, 5.41) is 0. The Labute approximate surface area is 109 Å². The van der Waals surface area contributed by atoms with Crippen molar-refractivity contribution in [1.29, 1.82) is 0 Å². The van der Waals surface area contributed by atoms with E-state index in [4.69, 9.17) is 5.73 Å². The number of nitrogens with zero attached hydrogens (tertiary/aromatic N) is 2. The van der Waals surface area contributed by atoms with E-state index in [9.17, 15) is 13.2 Å². The van der Waals surface area contributed by atoms with E-state index in [0.29, 0.717) is 5.56 Å². The lowest BCUT2D eigenvalue weighted by Crippen LogP contribution is -2.13. The van der Waals surface area contributed by atoms with Crippen LogP contribution in [0.25, 0.3) is 11.4 Å². The maximum Gasteiger partial charge on any atom is 0.435 e. The van der Waals surface area contributed by atoms with Crippen LogP contribution in [-0.2, 0) is 6.18 Å². The molecule has 0 bridgehead atoms. The Morgan fingerprint density at radius 1 is 1.11 bits per heavy atom. The number of alkyl halides is 3. The zero-order valence-electron chi connectivity index (χ0n) is 8.87. The maximum absolute atomic E-state index is 12.6. The zero-order chi connectivity index (χ0) is 13.3. The second-order valence-corrected chi connectivity index (χ2v) is 4.42. The molecule has 0 fully saturated rings. The summed E-state index contributed by atoms with van der Waals surface area (Å²) in [6.45, 7) is 0. The van der Waals surface area contributed by atoms with Gasteiger partial charge in [-0.25, -0.2) is 9.97 Å². The highest BCUT2D eigenvalue weighted by Gasteiger charge is 2.35. The highest BCUT2D eigenvalue weighted by Crippen LogP contribution is 2.32. The van der Waals surface area contributed by atoms with Gasteiger partial charge in [-0.2, -0.15) is 13.2 Å². The first-order valence-corrected chi connectivity index (χ1v) is 5.63. The van der Waals surface area contributed by atoms with Crippen LogP contribution in [0, 0.1) is 0 Å². The second kappa shape index (κ2) is 4.56. The second-order valence-electron chi connectivity index (χ2n) is 3.50. The fourth-order valence-corrected chi connectivity index (χ4v) is 1.62. The highest BCUT2D eigenvalue weighted by molar-refractivity contribution is 9.10. The number of halogens is 4. The maximum atomic E-state index is 12.6. The Morgan fingerprint density at radius 2 is 1.72 bits per heavy atom. The molecule has 0 aliphatic carbocycles. The van der Waals surface area contributed by atoms with Crippen molar-refractivity contribution in [3.8, 4) is 11.4 Å². The normalized spacial score (nSPS) is 11.6. The number of hydrogen-bond donors (Lipinski definition) is 1. The average Bonchev–Trinajstić information content (AvgIpc) is 2.29. The van der Waals surface area contributed by atoms with Gasteiger partial charge in [0.05, 0.1) is 11.9 Å². The summed E-state index contributed by atoms with van der Waals surface area (Å²) in [6.07, 6.45) is -3.62. The number of aromatic nitrogens is 2. The van der Waals surface area contributed by atoms with Crippen molar-refractivity contribution in [2.75, 3.05) is 5.73 Å². The summed E-state index contributed by atoms with van der Waals surface area (Å²) in [4.78, 5) is 7.27. The van der Waals surface area contributed by atoms with Gasteiger partial charge >= 0.3 is 6.18 Å². The Balaban J connectivity index is 2.50. The van der Waals surface area contributed by atoms with Crippen molar-refractivity contribution in [3.05, 3.63) is 40.6 Å². The van der Waals surface area contributed by atoms with Crippen molar-refractivity contribution in [3.63, 3.8) is 0 Å². The van der Waals surface area contributed by atoms with Gasteiger partial charge in [-0.15, -0.1) is 0 Å². The van der Waals surface area contributed by atoms with Crippen molar-refractivity contribution < 1.29 is 13.2 Å². The summed E-state index contributed by atoms with van der Waals surface area (Å²) in [5.74, 6) is -0.0102. The van der Waals surface area contributed by atoms with Crippen molar-refractivity contribution in [2.24, 2.45) is 0 Å². The van der Waals surface area contributed by atoms with Gasteiger partial charge in [0.2, 0.25) is 0 Å². The van der Waals surface area contributed by atoms with E-state index in [0.717, 1.165) is 10.7 Å². The van der Waals surface area contributed by atoms with Crippen LogP contribution in [0.15, 0.2) is 34.9 Å². The van der Waals surface area contributed by atoms with Gasteiger partial charge in [0.15, 0.2) is 11.5 Å². The van der Waals surface area contributed by atoms with Gasteiger partial charge < -0.3 is 5.73 Å². The largest absolute Gasteiger partial charge is 0.435 e. The number of nitrogens with two attached hydrogens (primary N) is 1. The van der Waals surface area contributed by atoms with Gasteiger partial charge in [0, 0.05) is 10.0 Å². The Morgan fingerprint density at radius 3 is 2.28 bits per heavy atom. The zero-order valence-corrected chi connectivity index (χ0v) is 10.5. The monoisotopic (exact) mass is 317 g/mol. The molecule has 3 nitrogen and oxygen atoms in total. The summed E-state index contributed by atoms with van der Waals surface area (Å²) in [6, 6.07) is 6.64. The first kappa shape index (κ1) is 12.8. The molecule has 2 aromatic rings. The predicted molar refractivity (Wildman–Crippen MR) is 64.6 cm³/mol. The van der Waals surface area contributed by atoms with Crippen LogP contribution in [0.5, 0.6) is 0 Å². The molecule has 2 rings (SSSR count). The third-order valence-electron chi connectivity index (χ3n) is 2.19. The summed E-state index contributed by atoms with van der Waals surface area (Å²) >= 11 is 3.24. The SMILES string of the molecule is Nc1cnc(-c2ccc(Br)cc2)nc1C(F)(F)F. The molecule has 0 saturated carbocycles. The molecule has 0 aliphatic rings. The fourth-order valence-electron chi connectivity index (χ4n) is 1.36. The van der Waals surface area contributed by atoms with E-state index in [2.05, 4.69) is 25.9 Å². The standard InChI is InChI=1S/C11H7BrF3N3/c12-7-3-1-6(2-4-7)10-17-5-8(16)9(18-10)11(13,14)15/h1-5H,16H2. The third kappa shape index (κ3) is 2.61. The smallest absolute Gasteiger partial charge is 0.396 e. The number of nitrogen functional groups attached to an aromatic ring is 1. The molecule has 0 unspecified atom stereocenters. The van der Waals surface area contributed by atoms with Crippen LogP contribution in [0.2, 0.25) is 0 Å². The molecule has 0 aliphatic heterocycles. The first-order chi connectivity index (χ1) is 8.38. The molecule has 0 amide bonds. The van der Waals surface area contributed by atoms with Crippen LogP contribution in [0.1, 0.15) is 5.69 Å². The van der Waals surface area contributed by atoms with Crippen molar-refractivity contribution in [2.45, 2.75) is 6.18 Å². The number of hydrogen-bond acceptors (Lipinski definition) is 3. The van der Waals surface area contributed by atoms with E-state index in [1.807, 2.05) is 0 Å². The van der Waals surface area contributed by atoms with E-state index in [1.54, 1.807) is 24.3 Å². The third-order valence-corrected chi connectivity index (χ3v) is 2.72. The van der Waals surface area contributed by atoms with Gasteiger partial charge in [-0.3, -0.25) is 0 Å². The topological polar surface area (TPSA) is 51.8 Å². The molecule has 18 heavy (non-hydrogen) atoms.